The smallest absolute Gasteiger partial charge is 0.335 e. The van der Waals surface area contributed by atoms with Crippen LogP contribution in [0.5, 0.6) is 0 Å². The van der Waals surface area contributed by atoms with Crippen LogP contribution < -0.4 is 0 Å². The van der Waals surface area contributed by atoms with Gasteiger partial charge in [-0.3, -0.25) is 14.9 Å². The van der Waals surface area contributed by atoms with Gasteiger partial charge in [-0.25, -0.2) is 4.79 Å². The third kappa shape index (κ3) is 4.31. The number of amides is 1. The van der Waals surface area contributed by atoms with E-state index in [9.17, 15) is 19.7 Å². The molecule has 0 aliphatic carbocycles. The first-order valence-electron chi connectivity index (χ1n) is 11.0. The lowest BCUT2D eigenvalue weighted by atomic mass is 9.77. The standard InChI is InChI=1S/C26H26N2O5/c1-18(2)16-26(20-9-4-3-5-10-20)22-17-27(15-14-21(22)25(30)33-26)24(29)13-12-19-8-6-7-11-23(19)28(31)32/h3-13,18H,14-17H2,1-2H3. The molecule has 2 aromatic rings. The van der Waals surface area contributed by atoms with Crippen LogP contribution >= 0.6 is 0 Å². The predicted octanol–water partition coefficient (Wildman–Crippen LogP) is 4.64. The molecule has 1 unspecified atom stereocenters. The van der Waals surface area contributed by atoms with E-state index < -0.39 is 10.5 Å². The van der Waals surface area contributed by atoms with Crippen molar-refractivity contribution < 1.29 is 19.2 Å². The lowest BCUT2D eigenvalue weighted by Crippen LogP contribution is -2.41. The van der Waals surface area contributed by atoms with Crippen molar-refractivity contribution in [3.05, 3.63) is 93.1 Å². The van der Waals surface area contributed by atoms with Gasteiger partial charge in [0.25, 0.3) is 5.69 Å². The largest absolute Gasteiger partial charge is 0.446 e. The number of benzene rings is 2. The van der Waals surface area contributed by atoms with E-state index in [4.69, 9.17) is 4.74 Å². The van der Waals surface area contributed by atoms with Crippen LogP contribution in [-0.4, -0.2) is 34.8 Å². The van der Waals surface area contributed by atoms with Crippen molar-refractivity contribution in [3.63, 3.8) is 0 Å². The summed E-state index contributed by atoms with van der Waals surface area (Å²) in [5, 5.41) is 11.2. The summed E-state index contributed by atoms with van der Waals surface area (Å²) in [6.45, 7) is 4.83. The zero-order valence-corrected chi connectivity index (χ0v) is 18.7. The molecule has 0 saturated carbocycles. The summed E-state index contributed by atoms with van der Waals surface area (Å²) in [6.07, 6.45) is 3.87. The zero-order chi connectivity index (χ0) is 23.6. The van der Waals surface area contributed by atoms with Gasteiger partial charge in [0, 0.05) is 36.4 Å². The summed E-state index contributed by atoms with van der Waals surface area (Å²) in [6, 6.07) is 16.0. The third-order valence-electron chi connectivity index (χ3n) is 6.13. The quantitative estimate of drug-likeness (QED) is 0.279. The Hall–Kier alpha value is -3.74. The van der Waals surface area contributed by atoms with Gasteiger partial charge in [-0.1, -0.05) is 56.3 Å². The van der Waals surface area contributed by atoms with E-state index in [2.05, 4.69) is 13.8 Å². The van der Waals surface area contributed by atoms with Gasteiger partial charge >= 0.3 is 5.97 Å². The van der Waals surface area contributed by atoms with Crippen LogP contribution in [-0.2, 0) is 19.9 Å². The lowest BCUT2D eigenvalue weighted by molar-refractivity contribution is -0.385. The van der Waals surface area contributed by atoms with Gasteiger partial charge < -0.3 is 9.64 Å². The molecule has 0 aromatic heterocycles. The van der Waals surface area contributed by atoms with Crippen molar-refractivity contribution in [2.24, 2.45) is 5.92 Å². The van der Waals surface area contributed by atoms with E-state index in [0.717, 1.165) is 11.1 Å². The fourth-order valence-corrected chi connectivity index (χ4v) is 4.69. The minimum Gasteiger partial charge on any atom is -0.446 e. The number of nitro benzene ring substituents is 1. The highest BCUT2D eigenvalue weighted by atomic mass is 16.6. The molecule has 170 valence electrons. The van der Waals surface area contributed by atoms with E-state index >= 15 is 0 Å². The number of nitrogens with zero attached hydrogens (tertiary/aromatic N) is 2. The minimum atomic E-state index is -0.886. The van der Waals surface area contributed by atoms with Crippen molar-refractivity contribution in [2.75, 3.05) is 13.1 Å². The summed E-state index contributed by atoms with van der Waals surface area (Å²) in [4.78, 5) is 38.3. The van der Waals surface area contributed by atoms with Crippen molar-refractivity contribution in [1.82, 2.24) is 4.90 Å². The first kappa shape index (κ1) is 22.5. The number of esters is 1. The number of ether oxygens (including phenoxy) is 1. The van der Waals surface area contributed by atoms with Gasteiger partial charge in [0.05, 0.1) is 10.5 Å². The van der Waals surface area contributed by atoms with Gasteiger partial charge in [0.2, 0.25) is 5.91 Å². The Labute approximate surface area is 192 Å². The predicted molar refractivity (Wildman–Crippen MR) is 124 cm³/mol. The molecule has 0 bridgehead atoms. The number of cyclic esters (lactones) is 1. The van der Waals surface area contributed by atoms with E-state index in [1.807, 2.05) is 30.3 Å². The molecule has 7 nitrogen and oxygen atoms in total. The molecule has 0 saturated heterocycles. The van der Waals surface area contributed by atoms with Crippen LogP contribution in [0.25, 0.3) is 6.08 Å². The molecule has 0 fully saturated rings. The summed E-state index contributed by atoms with van der Waals surface area (Å²) in [5.41, 5.74) is 1.83. The van der Waals surface area contributed by atoms with Crippen LogP contribution in [0.3, 0.4) is 0 Å². The topological polar surface area (TPSA) is 89.8 Å². The van der Waals surface area contributed by atoms with E-state index in [1.165, 1.54) is 18.2 Å². The fraction of sp³-hybridized carbons (Fsp3) is 0.308. The Balaban J connectivity index is 1.63. The van der Waals surface area contributed by atoms with Crippen LogP contribution in [0.1, 0.15) is 37.8 Å². The normalized spacial score (nSPS) is 20.3. The molecule has 7 heteroatoms. The van der Waals surface area contributed by atoms with Crippen LogP contribution in [0, 0.1) is 16.0 Å². The number of para-hydroxylation sites is 1. The van der Waals surface area contributed by atoms with Gasteiger partial charge in [-0.15, -0.1) is 0 Å². The summed E-state index contributed by atoms with van der Waals surface area (Å²) >= 11 is 0. The summed E-state index contributed by atoms with van der Waals surface area (Å²) in [7, 11) is 0. The minimum absolute atomic E-state index is 0.0555. The molecule has 4 rings (SSSR count). The number of rotatable bonds is 6. The monoisotopic (exact) mass is 446 g/mol. The first-order valence-corrected chi connectivity index (χ1v) is 11.0. The molecule has 0 spiro atoms. The highest BCUT2D eigenvalue weighted by Gasteiger charge is 2.50. The number of hydrogen-bond donors (Lipinski definition) is 0. The molecule has 2 aliphatic heterocycles. The maximum absolute atomic E-state index is 13.0. The van der Waals surface area contributed by atoms with Crippen LogP contribution in [0.2, 0.25) is 0 Å². The molecule has 1 amide bonds. The molecule has 2 heterocycles. The fourth-order valence-electron chi connectivity index (χ4n) is 4.69. The SMILES string of the molecule is CC(C)CC1(c2ccccc2)OC(=O)C2=C1CN(C(=O)C=Cc1ccccc1[N+](=O)[O-])CC2. The summed E-state index contributed by atoms with van der Waals surface area (Å²) in [5.74, 6) is -0.308. The molecular weight excluding hydrogens is 420 g/mol. The summed E-state index contributed by atoms with van der Waals surface area (Å²) < 4.78 is 6.05. The van der Waals surface area contributed by atoms with E-state index in [-0.39, 0.29) is 30.0 Å². The zero-order valence-electron chi connectivity index (χ0n) is 18.7. The number of nitro groups is 1. The third-order valence-corrected chi connectivity index (χ3v) is 6.13. The van der Waals surface area contributed by atoms with Crippen LogP contribution in [0.15, 0.2) is 71.8 Å². The van der Waals surface area contributed by atoms with E-state index in [1.54, 1.807) is 23.1 Å². The van der Waals surface area contributed by atoms with Crippen molar-refractivity contribution >= 4 is 23.6 Å². The highest BCUT2D eigenvalue weighted by molar-refractivity contribution is 5.96. The average molecular weight is 447 g/mol. The second-order valence-corrected chi connectivity index (χ2v) is 8.80. The molecule has 2 aliphatic rings. The average Bonchev–Trinajstić information content (AvgIpc) is 3.09. The maximum Gasteiger partial charge on any atom is 0.335 e. The second kappa shape index (κ2) is 9.02. The first-order chi connectivity index (χ1) is 15.8. The molecule has 0 radical (unpaired) electrons. The molecule has 33 heavy (non-hydrogen) atoms. The van der Waals surface area contributed by atoms with Gasteiger partial charge in [-0.05, 0) is 36.5 Å². The Morgan fingerprint density at radius 2 is 1.88 bits per heavy atom. The van der Waals surface area contributed by atoms with Crippen molar-refractivity contribution in [3.8, 4) is 0 Å². The molecule has 1 atom stereocenters. The van der Waals surface area contributed by atoms with Gasteiger partial charge in [0.1, 0.15) is 0 Å². The van der Waals surface area contributed by atoms with Gasteiger partial charge in [0.15, 0.2) is 5.60 Å². The van der Waals surface area contributed by atoms with Gasteiger partial charge in [-0.2, -0.15) is 0 Å². The van der Waals surface area contributed by atoms with Crippen molar-refractivity contribution in [2.45, 2.75) is 32.3 Å². The maximum atomic E-state index is 13.0. The molecule has 0 N–H and O–H groups in total. The number of carbonyl (C=O) groups excluding carboxylic acids is 2. The number of hydrogen-bond acceptors (Lipinski definition) is 5. The van der Waals surface area contributed by atoms with Crippen LogP contribution in [0.4, 0.5) is 5.69 Å². The number of carbonyl (C=O) groups is 2. The second-order valence-electron chi connectivity index (χ2n) is 8.80. The lowest BCUT2D eigenvalue weighted by Gasteiger charge is -2.36. The Morgan fingerprint density at radius 1 is 1.18 bits per heavy atom. The van der Waals surface area contributed by atoms with E-state index in [0.29, 0.717) is 30.5 Å². The molecular formula is C26H26N2O5. The Morgan fingerprint density at radius 3 is 2.58 bits per heavy atom. The van der Waals surface area contributed by atoms with Crippen molar-refractivity contribution in [1.29, 1.82) is 0 Å². The highest BCUT2D eigenvalue weighted by Crippen LogP contribution is 2.48. The molecule has 2 aromatic carbocycles. The Bertz CT molecular complexity index is 1150. The Kier molecular flexibility index (Phi) is 6.14.